The summed E-state index contributed by atoms with van der Waals surface area (Å²) >= 11 is 12.4. The van der Waals surface area contributed by atoms with E-state index in [-0.39, 0.29) is 35.8 Å². The Labute approximate surface area is 176 Å². The van der Waals surface area contributed by atoms with Crippen molar-refractivity contribution in [2.24, 2.45) is 0 Å². The van der Waals surface area contributed by atoms with E-state index in [4.69, 9.17) is 38.4 Å². The van der Waals surface area contributed by atoms with Gasteiger partial charge in [-0.25, -0.2) is 9.78 Å². The molecule has 11 heteroatoms. The topological polar surface area (TPSA) is 116 Å². The van der Waals surface area contributed by atoms with E-state index in [1.54, 1.807) is 25.1 Å². The average molecular weight is 437 g/mol. The maximum Gasteiger partial charge on any atom is 0.344 e. The number of nitrogens with zero attached hydrogens (tertiary/aromatic N) is 5. The fraction of sp³-hybridized carbons (Fsp3) is 0.278. The predicted molar refractivity (Wildman–Crippen MR) is 110 cm³/mol. The van der Waals surface area contributed by atoms with Gasteiger partial charge in [0.1, 0.15) is 5.52 Å². The lowest BCUT2D eigenvalue weighted by molar-refractivity contribution is -0.147. The molecule has 2 N–H and O–H groups in total. The standard InChI is InChI=1S/C18H18Cl2N6O3/c1-9-4-5-10-11(19)6-12(20)16(15(10)22-9)29-8-14(27)28-7-13-23-17(21)25-18(24-13)26(2)3/h4-6H,7-8H2,1-3H3,(H2,21,23,24,25). The van der Waals surface area contributed by atoms with Crippen molar-refractivity contribution in [3.8, 4) is 5.75 Å². The second-order valence-corrected chi connectivity index (χ2v) is 7.09. The molecule has 0 amide bonds. The molecule has 0 unspecified atom stereocenters. The lowest BCUT2D eigenvalue weighted by Crippen LogP contribution is -2.19. The lowest BCUT2D eigenvalue weighted by atomic mass is 10.2. The van der Waals surface area contributed by atoms with E-state index in [0.717, 1.165) is 5.69 Å². The maximum atomic E-state index is 12.1. The minimum Gasteiger partial charge on any atom is -0.478 e. The minimum atomic E-state index is -0.637. The van der Waals surface area contributed by atoms with Gasteiger partial charge in [-0.1, -0.05) is 23.2 Å². The van der Waals surface area contributed by atoms with Gasteiger partial charge in [-0.05, 0) is 25.1 Å². The van der Waals surface area contributed by atoms with Gasteiger partial charge in [0, 0.05) is 25.2 Å². The zero-order valence-electron chi connectivity index (χ0n) is 15.9. The summed E-state index contributed by atoms with van der Waals surface area (Å²) in [6.07, 6.45) is 0. The van der Waals surface area contributed by atoms with E-state index >= 15 is 0 Å². The van der Waals surface area contributed by atoms with Crippen LogP contribution < -0.4 is 15.4 Å². The molecule has 0 saturated heterocycles. The van der Waals surface area contributed by atoms with Crippen molar-refractivity contribution in [1.29, 1.82) is 0 Å². The Morgan fingerprint density at radius 2 is 1.90 bits per heavy atom. The summed E-state index contributed by atoms with van der Waals surface area (Å²) in [4.78, 5) is 30.3. The second-order valence-electron chi connectivity index (χ2n) is 6.27. The van der Waals surface area contributed by atoms with E-state index in [2.05, 4.69) is 19.9 Å². The van der Waals surface area contributed by atoms with Gasteiger partial charge in [-0.3, -0.25) is 0 Å². The molecular weight excluding hydrogens is 419 g/mol. The first kappa shape index (κ1) is 20.8. The molecule has 0 radical (unpaired) electrons. The summed E-state index contributed by atoms with van der Waals surface area (Å²) in [5.74, 6) is 0.238. The van der Waals surface area contributed by atoms with Crippen LogP contribution in [0.5, 0.6) is 5.75 Å². The number of rotatable bonds is 6. The number of carbonyl (C=O) groups is 1. The molecule has 0 bridgehead atoms. The van der Waals surface area contributed by atoms with Gasteiger partial charge in [-0.15, -0.1) is 0 Å². The first-order valence-corrected chi connectivity index (χ1v) is 9.21. The van der Waals surface area contributed by atoms with Crippen molar-refractivity contribution in [3.05, 3.63) is 39.8 Å². The number of fused-ring (bicyclic) bond motifs is 1. The van der Waals surface area contributed by atoms with Crippen LogP contribution >= 0.6 is 23.2 Å². The van der Waals surface area contributed by atoms with Crippen LogP contribution in [0.3, 0.4) is 0 Å². The zero-order valence-corrected chi connectivity index (χ0v) is 17.5. The minimum absolute atomic E-state index is 0.0341. The van der Waals surface area contributed by atoms with Gasteiger partial charge in [-0.2, -0.15) is 15.0 Å². The number of benzene rings is 1. The Morgan fingerprint density at radius 1 is 1.14 bits per heavy atom. The summed E-state index contributed by atoms with van der Waals surface area (Å²) < 4.78 is 10.7. The highest BCUT2D eigenvalue weighted by molar-refractivity contribution is 6.39. The summed E-state index contributed by atoms with van der Waals surface area (Å²) in [5, 5.41) is 1.35. The number of pyridine rings is 1. The highest BCUT2D eigenvalue weighted by atomic mass is 35.5. The van der Waals surface area contributed by atoms with Gasteiger partial charge in [0.05, 0.1) is 10.0 Å². The molecule has 29 heavy (non-hydrogen) atoms. The molecule has 2 aromatic heterocycles. The predicted octanol–water partition coefficient (Wildman–Crippen LogP) is 2.81. The number of hydrogen-bond acceptors (Lipinski definition) is 9. The zero-order chi connectivity index (χ0) is 21.1. The van der Waals surface area contributed by atoms with Crippen LogP contribution in [0.1, 0.15) is 11.5 Å². The quantitative estimate of drug-likeness (QED) is 0.581. The molecule has 3 rings (SSSR count). The fourth-order valence-electron chi connectivity index (χ4n) is 2.43. The molecule has 1 aromatic carbocycles. The summed E-state index contributed by atoms with van der Waals surface area (Å²) in [5.41, 5.74) is 6.87. The lowest BCUT2D eigenvalue weighted by Gasteiger charge is -2.13. The van der Waals surface area contributed by atoms with E-state index in [0.29, 0.717) is 21.9 Å². The molecule has 9 nitrogen and oxygen atoms in total. The molecule has 0 fully saturated rings. The third-order valence-corrected chi connectivity index (χ3v) is 4.35. The SMILES string of the molecule is Cc1ccc2c(Cl)cc(Cl)c(OCC(=O)OCc3nc(N)nc(N(C)C)n3)c2n1. The number of anilines is 2. The van der Waals surface area contributed by atoms with E-state index < -0.39 is 5.97 Å². The highest BCUT2D eigenvalue weighted by Gasteiger charge is 2.16. The van der Waals surface area contributed by atoms with E-state index in [1.165, 1.54) is 0 Å². The fourth-order valence-corrected chi connectivity index (χ4v) is 3.01. The number of nitrogen functional groups attached to an aromatic ring is 1. The van der Waals surface area contributed by atoms with Crippen LogP contribution in [0.15, 0.2) is 18.2 Å². The molecule has 152 valence electrons. The number of ether oxygens (including phenoxy) is 2. The maximum absolute atomic E-state index is 12.1. The van der Waals surface area contributed by atoms with Gasteiger partial charge >= 0.3 is 5.97 Å². The Bertz CT molecular complexity index is 1080. The van der Waals surface area contributed by atoms with Crippen LogP contribution in [0.4, 0.5) is 11.9 Å². The van der Waals surface area contributed by atoms with Crippen molar-refractivity contribution in [1.82, 2.24) is 19.9 Å². The van der Waals surface area contributed by atoms with Gasteiger partial charge < -0.3 is 20.1 Å². The number of aromatic nitrogens is 4. The van der Waals surface area contributed by atoms with E-state index in [1.807, 2.05) is 19.1 Å². The Hall–Kier alpha value is -2.91. The first-order valence-electron chi connectivity index (χ1n) is 8.46. The molecule has 0 saturated carbocycles. The average Bonchev–Trinajstić information content (AvgIpc) is 2.65. The third-order valence-electron chi connectivity index (χ3n) is 3.76. The van der Waals surface area contributed by atoms with Crippen molar-refractivity contribution < 1.29 is 14.3 Å². The van der Waals surface area contributed by atoms with Crippen LogP contribution in [-0.4, -0.2) is 46.6 Å². The normalized spacial score (nSPS) is 10.8. The second kappa shape index (κ2) is 8.62. The van der Waals surface area contributed by atoms with Gasteiger partial charge in [0.2, 0.25) is 11.9 Å². The van der Waals surface area contributed by atoms with Gasteiger partial charge in [0.15, 0.2) is 24.8 Å². The number of esters is 1. The number of nitrogens with two attached hydrogens (primary N) is 1. The van der Waals surface area contributed by atoms with Crippen LogP contribution in [-0.2, 0) is 16.1 Å². The molecule has 0 aliphatic carbocycles. The van der Waals surface area contributed by atoms with E-state index in [9.17, 15) is 4.79 Å². The first-order chi connectivity index (χ1) is 13.7. The Morgan fingerprint density at radius 3 is 2.62 bits per heavy atom. The summed E-state index contributed by atoms with van der Waals surface area (Å²) in [6.45, 7) is 1.27. The van der Waals surface area contributed by atoms with Crippen molar-refractivity contribution in [2.75, 3.05) is 31.3 Å². The van der Waals surface area contributed by atoms with Crippen molar-refractivity contribution in [3.63, 3.8) is 0 Å². The highest BCUT2D eigenvalue weighted by Crippen LogP contribution is 2.37. The summed E-state index contributed by atoms with van der Waals surface area (Å²) in [7, 11) is 3.52. The Balaban J connectivity index is 1.70. The third kappa shape index (κ3) is 4.93. The number of carbonyl (C=O) groups excluding carboxylic acids is 1. The number of halogens is 2. The number of hydrogen-bond donors (Lipinski definition) is 1. The summed E-state index contributed by atoms with van der Waals surface area (Å²) in [6, 6.07) is 5.18. The molecule has 0 atom stereocenters. The van der Waals surface area contributed by atoms with Gasteiger partial charge in [0.25, 0.3) is 0 Å². The monoisotopic (exact) mass is 436 g/mol. The smallest absolute Gasteiger partial charge is 0.344 e. The molecule has 0 aliphatic rings. The molecular formula is C18H18Cl2N6O3. The van der Waals surface area contributed by atoms with Crippen LogP contribution in [0.25, 0.3) is 10.9 Å². The van der Waals surface area contributed by atoms with Crippen LogP contribution in [0.2, 0.25) is 10.0 Å². The Kier molecular flexibility index (Phi) is 6.19. The number of aryl methyl sites for hydroxylation is 1. The van der Waals surface area contributed by atoms with Crippen molar-refractivity contribution >= 4 is 52.0 Å². The molecule has 3 aromatic rings. The van der Waals surface area contributed by atoms with Crippen molar-refractivity contribution in [2.45, 2.75) is 13.5 Å². The molecule has 0 aliphatic heterocycles. The van der Waals surface area contributed by atoms with Crippen LogP contribution in [0, 0.1) is 6.92 Å². The molecule has 0 spiro atoms. The largest absolute Gasteiger partial charge is 0.478 e. The molecule has 2 heterocycles.